The molecule has 2 aromatic rings. The van der Waals surface area contributed by atoms with E-state index in [0.717, 1.165) is 10.2 Å². The Hall–Kier alpha value is -1.64. The van der Waals surface area contributed by atoms with E-state index in [1.165, 1.54) is 6.07 Å². The number of anilines is 2. The largest absolute Gasteiger partial charge is 0.340 e. The van der Waals surface area contributed by atoms with E-state index in [-0.39, 0.29) is 11.0 Å². The van der Waals surface area contributed by atoms with Crippen molar-refractivity contribution >= 4 is 39.0 Å². The third kappa shape index (κ3) is 3.16. The molecule has 0 unspecified atom stereocenters. The highest BCUT2D eigenvalue weighted by atomic mass is 79.9. The van der Waals surface area contributed by atoms with Crippen LogP contribution in [0.5, 0.6) is 0 Å². The second-order valence-corrected chi connectivity index (χ2v) is 4.40. The van der Waals surface area contributed by atoms with Gasteiger partial charge in [0.05, 0.1) is 0 Å². The molecule has 0 bridgehead atoms. The summed E-state index contributed by atoms with van der Waals surface area (Å²) in [5.41, 5.74) is 1.08. The predicted octanol–water partition coefficient (Wildman–Crippen LogP) is 3.51. The molecule has 0 spiro atoms. The van der Waals surface area contributed by atoms with Crippen LogP contribution in [0.15, 0.2) is 34.8 Å². The molecular weight excluding hydrogens is 304 g/mol. The summed E-state index contributed by atoms with van der Waals surface area (Å²) >= 11 is 9.05. The zero-order valence-corrected chi connectivity index (χ0v) is 10.8. The van der Waals surface area contributed by atoms with Gasteiger partial charge < -0.3 is 5.32 Å². The van der Waals surface area contributed by atoms with Crippen LogP contribution in [0.4, 0.5) is 11.5 Å². The normalized spacial score (nSPS) is 9.71. The first-order valence-corrected chi connectivity index (χ1v) is 5.82. The van der Waals surface area contributed by atoms with Gasteiger partial charge >= 0.3 is 0 Å². The van der Waals surface area contributed by atoms with E-state index in [1.54, 1.807) is 0 Å². The Kier molecular flexibility index (Phi) is 3.57. The van der Waals surface area contributed by atoms with Gasteiger partial charge in [0, 0.05) is 16.2 Å². The molecule has 4 nitrogen and oxygen atoms in total. The highest BCUT2D eigenvalue weighted by molar-refractivity contribution is 9.10. The number of nitrogens with zero attached hydrogens (tertiary/aromatic N) is 3. The van der Waals surface area contributed by atoms with Gasteiger partial charge in [0.2, 0.25) is 5.28 Å². The molecule has 0 aliphatic carbocycles. The molecule has 0 amide bonds. The fourth-order valence-electron chi connectivity index (χ4n) is 1.22. The summed E-state index contributed by atoms with van der Waals surface area (Å²) in [7, 11) is 0. The van der Waals surface area contributed by atoms with Crippen molar-refractivity contribution in [1.82, 2.24) is 9.97 Å². The molecule has 0 atom stereocenters. The minimum absolute atomic E-state index is 0.0451. The molecule has 1 heterocycles. The molecule has 0 fully saturated rings. The van der Waals surface area contributed by atoms with Crippen LogP contribution < -0.4 is 5.32 Å². The summed E-state index contributed by atoms with van der Waals surface area (Å²) < 4.78 is 0.987. The fourth-order valence-corrected chi connectivity index (χ4v) is 1.67. The fraction of sp³-hybridized carbons (Fsp3) is 0. The monoisotopic (exact) mass is 308 g/mol. The van der Waals surface area contributed by atoms with Gasteiger partial charge in [0.25, 0.3) is 0 Å². The zero-order valence-electron chi connectivity index (χ0n) is 8.48. The third-order valence-corrected chi connectivity index (χ3v) is 2.63. The van der Waals surface area contributed by atoms with E-state index in [2.05, 4.69) is 31.2 Å². The second kappa shape index (κ2) is 5.13. The van der Waals surface area contributed by atoms with E-state index >= 15 is 0 Å². The molecule has 1 aromatic carbocycles. The predicted molar refractivity (Wildman–Crippen MR) is 69.2 cm³/mol. The van der Waals surface area contributed by atoms with Gasteiger partial charge in [-0.1, -0.05) is 15.9 Å². The van der Waals surface area contributed by atoms with Crippen LogP contribution in [0.25, 0.3) is 0 Å². The molecule has 1 aromatic heterocycles. The smallest absolute Gasteiger partial charge is 0.225 e. The van der Waals surface area contributed by atoms with E-state index in [1.807, 2.05) is 30.3 Å². The van der Waals surface area contributed by atoms with Gasteiger partial charge in [0.15, 0.2) is 0 Å². The van der Waals surface area contributed by atoms with Gasteiger partial charge in [-0.15, -0.1) is 0 Å². The first-order chi connectivity index (χ1) is 8.17. The Morgan fingerprint density at radius 3 is 2.59 bits per heavy atom. The van der Waals surface area contributed by atoms with Crippen molar-refractivity contribution in [3.8, 4) is 6.07 Å². The molecule has 0 aliphatic heterocycles. The highest BCUT2D eigenvalue weighted by Crippen LogP contribution is 2.19. The Morgan fingerprint density at radius 2 is 1.94 bits per heavy atom. The lowest BCUT2D eigenvalue weighted by molar-refractivity contribution is 1.14. The zero-order chi connectivity index (χ0) is 12.3. The number of hydrogen-bond donors (Lipinski definition) is 1. The van der Waals surface area contributed by atoms with Crippen molar-refractivity contribution in [2.75, 3.05) is 5.32 Å². The summed E-state index contributed by atoms with van der Waals surface area (Å²) in [4.78, 5) is 7.73. The maximum absolute atomic E-state index is 8.76. The van der Waals surface area contributed by atoms with Crippen molar-refractivity contribution in [2.45, 2.75) is 0 Å². The second-order valence-electron chi connectivity index (χ2n) is 3.15. The minimum Gasteiger partial charge on any atom is -0.340 e. The summed E-state index contributed by atoms with van der Waals surface area (Å²) in [5.74, 6) is 0.490. The number of nitrogens with one attached hydrogen (secondary N) is 1. The Labute approximate surface area is 111 Å². The summed E-state index contributed by atoms with van der Waals surface area (Å²) in [5, 5.41) is 11.8. The van der Waals surface area contributed by atoms with Gasteiger partial charge in [-0.2, -0.15) is 5.26 Å². The molecule has 0 saturated heterocycles. The maximum Gasteiger partial charge on any atom is 0.225 e. The standard InChI is InChI=1S/C11H6BrClN4/c12-7-1-3-8(4-2-7)15-10-5-9(6-14)16-11(13)17-10/h1-5H,(H,15,16,17). The molecule has 17 heavy (non-hydrogen) atoms. The number of hydrogen-bond acceptors (Lipinski definition) is 4. The van der Waals surface area contributed by atoms with Gasteiger partial charge in [-0.3, -0.25) is 0 Å². The van der Waals surface area contributed by atoms with Crippen molar-refractivity contribution in [3.05, 3.63) is 45.8 Å². The van der Waals surface area contributed by atoms with Crippen LogP contribution in [0.3, 0.4) is 0 Å². The van der Waals surface area contributed by atoms with E-state index < -0.39 is 0 Å². The Balaban J connectivity index is 2.27. The van der Waals surface area contributed by atoms with Crippen LogP contribution >= 0.6 is 27.5 Å². The number of halogens is 2. The van der Waals surface area contributed by atoms with E-state index in [0.29, 0.717) is 5.82 Å². The molecule has 0 radical (unpaired) electrons. The number of aromatic nitrogens is 2. The lowest BCUT2D eigenvalue weighted by Gasteiger charge is -2.05. The molecule has 0 aliphatic rings. The van der Waals surface area contributed by atoms with Crippen molar-refractivity contribution in [2.24, 2.45) is 0 Å². The first-order valence-electron chi connectivity index (χ1n) is 4.64. The topological polar surface area (TPSA) is 61.6 Å². The van der Waals surface area contributed by atoms with Gasteiger partial charge in [0.1, 0.15) is 17.6 Å². The van der Waals surface area contributed by atoms with E-state index in [4.69, 9.17) is 16.9 Å². The average molecular weight is 310 g/mol. The minimum atomic E-state index is 0.0451. The molecule has 6 heteroatoms. The van der Waals surface area contributed by atoms with Gasteiger partial charge in [-0.05, 0) is 35.9 Å². The quantitative estimate of drug-likeness (QED) is 0.862. The molecule has 2 rings (SSSR count). The van der Waals surface area contributed by atoms with E-state index in [9.17, 15) is 0 Å². The highest BCUT2D eigenvalue weighted by Gasteiger charge is 2.02. The molecule has 0 saturated carbocycles. The number of rotatable bonds is 2. The average Bonchev–Trinajstić information content (AvgIpc) is 2.31. The first kappa shape index (κ1) is 11.8. The number of nitriles is 1. The SMILES string of the molecule is N#Cc1cc(Nc2ccc(Br)cc2)nc(Cl)n1. The molecule has 1 N–H and O–H groups in total. The lowest BCUT2D eigenvalue weighted by Crippen LogP contribution is -1.96. The molecule has 84 valence electrons. The van der Waals surface area contributed by atoms with Crippen LogP contribution in [-0.4, -0.2) is 9.97 Å². The van der Waals surface area contributed by atoms with Gasteiger partial charge in [-0.25, -0.2) is 9.97 Å². The van der Waals surface area contributed by atoms with Crippen molar-refractivity contribution in [1.29, 1.82) is 5.26 Å². The van der Waals surface area contributed by atoms with Crippen LogP contribution in [0, 0.1) is 11.3 Å². The van der Waals surface area contributed by atoms with Crippen LogP contribution in [-0.2, 0) is 0 Å². The van der Waals surface area contributed by atoms with Crippen LogP contribution in [0.1, 0.15) is 5.69 Å². The van der Waals surface area contributed by atoms with Crippen molar-refractivity contribution in [3.63, 3.8) is 0 Å². The third-order valence-electron chi connectivity index (χ3n) is 1.93. The Morgan fingerprint density at radius 1 is 1.24 bits per heavy atom. The van der Waals surface area contributed by atoms with Crippen LogP contribution in [0.2, 0.25) is 5.28 Å². The lowest BCUT2D eigenvalue weighted by atomic mass is 10.3. The summed E-state index contributed by atoms with van der Waals surface area (Å²) in [6, 6.07) is 11.0. The van der Waals surface area contributed by atoms with Crippen molar-refractivity contribution < 1.29 is 0 Å². The summed E-state index contributed by atoms with van der Waals surface area (Å²) in [6.45, 7) is 0. The number of benzene rings is 1. The Bertz CT molecular complexity index is 577. The maximum atomic E-state index is 8.76. The molecular formula is C11H6BrClN4. The summed E-state index contributed by atoms with van der Waals surface area (Å²) in [6.07, 6.45) is 0.